The number of nitrogens with zero attached hydrogens (tertiary/aromatic N) is 2. The lowest BCUT2D eigenvalue weighted by Crippen LogP contribution is -1.92. The molecule has 1 aromatic heterocycles. The molecule has 0 fully saturated rings. The van der Waals surface area contributed by atoms with E-state index in [9.17, 15) is 4.39 Å². The fourth-order valence-electron chi connectivity index (χ4n) is 1.39. The van der Waals surface area contributed by atoms with Gasteiger partial charge in [0.15, 0.2) is 0 Å². The van der Waals surface area contributed by atoms with Gasteiger partial charge in [0.25, 0.3) is 0 Å². The molecule has 2 rings (SSSR count). The second kappa shape index (κ2) is 5.18. The first-order valence-corrected chi connectivity index (χ1v) is 6.02. The third-order valence-corrected chi connectivity index (χ3v) is 3.07. The van der Waals surface area contributed by atoms with Crippen LogP contribution in [0.4, 0.5) is 4.39 Å². The zero-order valence-electron chi connectivity index (χ0n) is 9.53. The summed E-state index contributed by atoms with van der Waals surface area (Å²) in [7, 11) is 1.57. The lowest BCUT2D eigenvalue weighted by molar-refractivity contribution is 0.410. The van der Waals surface area contributed by atoms with Crippen molar-refractivity contribution >= 4 is 11.8 Å². The molecule has 2 aromatic rings. The maximum atomic E-state index is 13.1. The van der Waals surface area contributed by atoms with Gasteiger partial charge in [0.2, 0.25) is 5.16 Å². The molecule has 0 aliphatic rings. The Balaban J connectivity index is 2.10. The number of hydrogen-bond donors (Lipinski definition) is 1. The highest BCUT2D eigenvalue weighted by Crippen LogP contribution is 2.26. The number of ether oxygens (including phenoxy) is 1. The number of halogens is 1. The van der Waals surface area contributed by atoms with Gasteiger partial charge in [-0.05, 0) is 25.1 Å². The van der Waals surface area contributed by atoms with Crippen molar-refractivity contribution in [2.24, 2.45) is 0 Å². The molecule has 6 heteroatoms. The molecule has 0 saturated heterocycles. The van der Waals surface area contributed by atoms with Crippen LogP contribution in [0.5, 0.6) is 5.75 Å². The summed E-state index contributed by atoms with van der Waals surface area (Å²) in [5, 5.41) is 7.41. The Bertz CT molecular complexity index is 515. The summed E-state index contributed by atoms with van der Waals surface area (Å²) < 4.78 is 18.3. The molecule has 1 N–H and O–H groups in total. The van der Waals surface area contributed by atoms with Gasteiger partial charge in [-0.2, -0.15) is 0 Å². The van der Waals surface area contributed by atoms with Crippen molar-refractivity contribution in [2.45, 2.75) is 17.8 Å². The van der Waals surface area contributed by atoms with Crippen molar-refractivity contribution in [1.82, 2.24) is 15.2 Å². The first-order valence-electron chi connectivity index (χ1n) is 5.03. The molecule has 0 saturated carbocycles. The van der Waals surface area contributed by atoms with Crippen molar-refractivity contribution in [2.75, 3.05) is 7.11 Å². The van der Waals surface area contributed by atoms with E-state index in [4.69, 9.17) is 4.74 Å². The van der Waals surface area contributed by atoms with Crippen LogP contribution >= 0.6 is 11.8 Å². The predicted molar refractivity (Wildman–Crippen MR) is 63.6 cm³/mol. The number of aromatic amines is 1. The van der Waals surface area contributed by atoms with Gasteiger partial charge in [-0.3, -0.25) is 5.10 Å². The Labute approximate surface area is 103 Å². The van der Waals surface area contributed by atoms with Crippen LogP contribution in [0.25, 0.3) is 0 Å². The lowest BCUT2D eigenvalue weighted by atomic mass is 10.2. The van der Waals surface area contributed by atoms with Crippen molar-refractivity contribution < 1.29 is 9.13 Å². The molecule has 0 amide bonds. The molecule has 1 heterocycles. The Kier molecular flexibility index (Phi) is 3.63. The lowest BCUT2D eigenvalue weighted by Gasteiger charge is -2.06. The topological polar surface area (TPSA) is 50.8 Å². The van der Waals surface area contributed by atoms with Crippen LogP contribution in [0, 0.1) is 12.7 Å². The molecule has 0 atom stereocenters. The average molecular weight is 253 g/mol. The largest absolute Gasteiger partial charge is 0.496 e. The fraction of sp³-hybridized carbons (Fsp3) is 0.273. The molecule has 4 nitrogen and oxygen atoms in total. The molecule has 90 valence electrons. The van der Waals surface area contributed by atoms with E-state index in [-0.39, 0.29) is 5.82 Å². The van der Waals surface area contributed by atoms with Crippen LogP contribution in [0.15, 0.2) is 23.4 Å². The van der Waals surface area contributed by atoms with Gasteiger partial charge < -0.3 is 4.74 Å². The summed E-state index contributed by atoms with van der Waals surface area (Å²) in [5.74, 6) is 1.73. The van der Waals surface area contributed by atoms with Crippen LogP contribution < -0.4 is 4.74 Å². The zero-order chi connectivity index (χ0) is 12.3. The quantitative estimate of drug-likeness (QED) is 0.851. The van der Waals surface area contributed by atoms with Crippen molar-refractivity contribution in [3.05, 3.63) is 35.4 Å². The van der Waals surface area contributed by atoms with E-state index in [0.29, 0.717) is 16.7 Å². The Morgan fingerprint density at radius 1 is 1.47 bits per heavy atom. The van der Waals surface area contributed by atoms with E-state index < -0.39 is 0 Å². The molecule has 0 spiro atoms. The predicted octanol–water partition coefficient (Wildman–Crippen LogP) is 2.55. The number of nitrogens with one attached hydrogen (secondary N) is 1. The van der Waals surface area contributed by atoms with E-state index in [2.05, 4.69) is 15.2 Å². The highest BCUT2D eigenvalue weighted by molar-refractivity contribution is 7.98. The summed E-state index contributed by atoms with van der Waals surface area (Å²) in [4.78, 5) is 4.17. The molecule has 17 heavy (non-hydrogen) atoms. The first kappa shape index (κ1) is 11.9. The minimum Gasteiger partial charge on any atom is -0.496 e. The average Bonchev–Trinajstić information content (AvgIpc) is 2.73. The van der Waals surface area contributed by atoms with Gasteiger partial charge >= 0.3 is 0 Å². The minimum absolute atomic E-state index is 0.271. The number of thioether (sulfide) groups is 1. The molecular weight excluding hydrogens is 241 g/mol. The van der Waals surface area contributed by atoms with Gasteiger partial charge in [0.05, 0.1) is 7.11 Å². The van der Waals surface area contributed by atoms with Gasteiger partial charge in [-0.25, -0.2) is 9.37 Å². The van der Waals surface area contributed by atoms with Crippen LogP contribution in [0.3, 0.4) is 0 Å². The first-order chi connectivity index (χ1) is 8.19. The minimum atomic E-state index is -0.271. The van der Waals surface area contributed by atoms with Crippen molar-refractivity contribution in [3.63, 3.8) is 0 Å². The van der Waals surface area contributed by atoms with Crippen LogP contribution in [0.2, 0.25) is 0 Å². The molecule has 0 bridgehead atoms. The van der Waals surface area contributed by atoms with Gasteiger partial charge in [0, 0.05) is 11.3 Å². The van der Waals surface area contributed by atoms with Crippen LogP contribution in [0.1, 0.15) is 11.4 Å². The van der Waals surface area contributed by atoms with E-state index >= 15 is 0 Å². The number of aryl methyl sites for hydroxylation is 1. The highest BCUT2D eigenvalue weighted by Gasteiger charge is 2.07. The zero-order valence-corrected chi connectivity index (χ0v) is 10.3. The number of aromatic nitrogens is 3. The van der Waals surface area contributed by atoms with Crippen molar-refractivity contribution in [3.8, 4) is 5.75 Å². The number of H-pyrrole nitrogens is 1. The third kappa shape index (κ3) is 2.97. The van der Waals surface area contributed by atoms with Crippen LogP contribution in [-0.2, 0) is 5.75 Å². The highest BCUT2D eigenvalue weighted by atomic mass is 32.2. The summed E-state index contributed by atoms with van der Waals surface area (Å²) in [5.41, 5.74) is 0.792. The molecule has 1 aromatic carbocycles. The van der Waals surface area contributed by atoms with Gasteiger partial charge in [-0.15, -0.1) is 5.10 Å². The standard InChI is InChI=1S/C11H12FN3OS/c1-7-13-11(15-14-7)17-6-8-5-9(12)3-4-10(8)16-2/h3-5H,6H2,1-2H3,(H,13,14,15). The van der Waals surface area contributed by atoms with E-state index in [0.717, 1.165) is 11.4 Å². The molecule has 0 radical (unpaired) electrons. The summed E-state index contributed by atoms with van der Waals surface area (Å²) >= 11 is 1.43. The van der Waals surface area contributed by atoms with Crippen LogP contribution in [-0.4, -0.2) is 22.3 Å². The summed E-state index contributed by atoms with van der Waals surface area (Å²) in [6.07, 6.45) is 0. The molecule has 0 aliphatic heterocycles. The monoisotopic (exact) mass is 253 g/mol. The van der Waals surface area contributed by atoms with E-state index in [1.807, 2.05) is 6.92 Å². The Morgan fingerprint density at radius 2 is 2.29 bits per heavy atom. The smallest absolute Gasteiger partial charge is 0.208 e. The van der Waals surface area contributed by atoms with E-state index in [1.165, 1.54) is 23.9 Å². The number of benzene rings is 1. The maximum Gasteiger partial charge on any atom is 0.208 e. The third-order valence-electron chi connectivity index (χ3n) is 2.18. The Hall–Kier alpha value is -1.56. The van der Waals surface area contributed by atoms with E-state index in [1.54, 1.807) is 13.2 Å². The molecule has 0 unspecified atom stereocenters. The SMILES string of the molecule is COc1ccc(F)cc1CSc1n[nH]c(C)n1. The van der Waals surface area contributed by atoms with Gasteiger partial charge in [-0.1, -0.05) is 11.8 Å². The van der Waals surface area contributed by atoms with Crippen molar-refractivity contribution in [1.29, 1.82) is 0 Å². The molecule has 0 aliphatic carbocycles. The maximum absolute atomic E-state index is 13.1. The Morgan fingerprint density at radius 3 is 2.94 bits per heavy atom. The fourth-order valence-corrected chi connectivity index (χ4v) is 2.21. The number of methoxy groups -OCH3 is 1. The molecular formula is C11H12FN3OS. The second-order valence-electron chi connectivity index (χ2n) is 3.45. The summed E-state index contributed by atoms with van der Waals surface area (Å²) in [6.45, 7) is 1.83. The van der Waals surface area contributed by atoms with Gasteiger partial charge in [0.1, 0.15) is 17.4 Å². The second-order valence-corrected chi connectivity index (χ2v) is 4.39. The number of hydrogen-bond acceptors (Lipinski definition) is 4. The number of rotatable bonds is 4. The summed E-state index contributed by atoms with van der Waals surface area (Å²) in [6, 6.07) is 4.46. The normalized spacial score (nSPS) is 10.5.